The van der Waals surface area contributed by atoms with Crippen LogP contribution < -0.4 is 19.7 Å². The molecule has 238 valence electrons. The molecule has 7 rings (SSSR count). The lowest BCUT2D eigenvalue weighted by molar-refractivity contribution is -0.274. The van der Waals surface area contributed by atoms with Crippen LogP contribution in [0.5, 0.6) is 11.5 Å². The highest BCUT2D eigenvalue weighted by Gasteiger charge is 2.55. The van der Waals surface area contributed by atoms with Gasteiger partial charge in [0.1, 0.15) is 17.3 Å². The standard InChI is InChI=1S/C31H27BrF5N3O5/c1-16-24(20-11-17(32)3-5-22(20)38-25(16)40-14-30(33,34)15-40)26(41)39-29-9-7-28(8-10-29,27(42)43)13-21(29)19-12-18(44-2)4-6-23(19)45-31(35,36)37/h3-6,11-13H,7-10,14-15H2,1-2H3,(H,39,41)(H,42,43). The molecule has 0 spiro atoms. The molecule has 0 radical (unpaired) electrons. The average Bonchev–Trinajstić information content (AvgIpc) is 2.95. The Kier molecular flexibility index (Phi) is 7.29. The lowest BCUT2D eigenvalue weighted by Crippen LogP contribution is -2.58. The van der Waals surface area contributed by atoms with Crippen molar-refractivity contribution in [2.24, 2.45) is 5.41 Å². The van der Waals surface area contributed by atoms with Crippen molar-refractivity contribution in [3.05, 3.63) is 63.6 Å². The third-order valence-electron chi connectivity index (χ3n) is 8.95. The molecule has 14 heteroatoms. The highest BCUT2D eigenvalue weighted by Crippen LogP contribution is 2.56. The lowest BCUT2D eigenvalue weighted by atomic mass is 9.57. The lowest BCUT2D eigenvalue weighted by Gasteiger charge is -2.51. The quantitative estimate of drug-likeness (QED) is 0.260. The number of ether oxygens (including phenoxy) is 2. The second-order valence-corrected chi connectivity index (χ2v) is 12.7. The maximum atomic E-state index is 14.4. The third-order valence-corrected chi connectivity index (χ3v) is 9.44. The number of hydrogen-bond acceptors (Lipinski definition) is 6. The zero-order valence-corrected chi connectivity index (χ0v) is 25.6. The summed E-state index contributed by atoms with van der Waals surface area (Å²) in [7, 11) is 1.34. The van der Waals surface area contributed by atoms with Gasteiger partial charge in [-0.15, -0.1) is 13.2 Å². The van der Waals surface area contributed by atoms with Crippen molar-refractivity contribution in [2.45, 2.75) is 50.4 Å². The Morgan fingerprint density at radius 1 is 1.07 bits per heavy atom. The summed E-state index contributed by atoms with van der Waals surface area (Å²) >= 11 is 3.41. The number of carboxylic acids is 1. The molecule has 3 aromatic rings. The van der Waals surface area contributed by atoms with Gasteiger partial charge in [-0.2, -0.15) is 0 Å². The van der Waals surface area contributed by atoms with Gasteiger partial charge in [0.15, 0.2) is 0 Å². The molecule has 2 N–H and O–H groups in total. The van der Waals surface area contributed by atoms with Crippen LogP contribution in [0.1, 0.15) is 47.2 Å². The van der Waals surface area contributed by atoms with Crippen LogP contribution in [0.4, 0.5) is 27.8 Å². The van der Waals surface area contributed by atoms with Gasteiger partial charge in [0.2, 0.25) is 0 Å². The predicted octanol–water partition coefficient (Wildman–Crippen LogP) is 6.88. The van der Waals surface area contributed by atoms with Gasteiger partial charge in [-0.05, 0) is 74.6 Å². The van der Waals surface area contributed by atoms with Crippen LogP contribution in [0.3, 0.4) is 0 Å². The van der Waals surface area contributed by atoms with E-state index in [0.29, 0.717) is 20.9 Å². The van der Waals surface area contributed by atoms with E-state index in [0.717, 1.165) is 6.07 Å². The van der Waals surface area contributed by atoms with E-state index in [4.69, 9.17) is 4.74 Å². The maximum absolute atomic E-state index is 14.4. The third kappa shape index (κ3) is 5.46. The molecule has 1 saturated heterocycles. The number of aromatic nitrogens is 1. The number of carbonyl (C=O) groups excluding carboxylic acids is 1. The number of rotatable bonds is 7. The summed E-state index contributed by atoms with van der Waals surface area (Å²) in [5.41, 5.74) is -1.66. The Balaban J connectivity index is 1.49. The highest BCUT2D eigenvalue weighted by atomic mass is 79.9. The number of methoxy groups -OCH3 is 1. The van der Waals surface area contributed by atoms with E-state index in [-0.39, 0.29) is 54.0 Å². The number of alkyl halides is 5. The SMILES string of the molecule is COc1ccc(OC(F)(F)F)c(C2=CC3(C(=O)O)CCC2(NC(=O)c2c(C)c(N4CC(F)(F)C4)nc4ccc(Br)cc24)CC3)c1. The van der Waals surface area contributed by atoms with Gasteiger partial charge in [-0.25, -0.2) is 13.8 Å². The number of anilines is 1. The van der Waals surface area contributed by atoms with E-state index in [1.165, 1.54) is 30.2 Å². The van der Waals surface area contributed by atoms with Crippen molar-refractivity contribution in [1.82, 2.24) is 10.3 Å². The van der Waals surface area contributed by atoms with Crippen molar-refractivity contribution < 1.29 is 46.1 Å². The van der Waals surface area contributed by atoms with Crippen LogP contribution in [-0.2, 0) is 4.79 Å². The first kappa shape index (κ1) is 31.1. The Labute approximate surface area is 262 Å². The second-order valence-electron chi connectivity index (χ2n) is 11.8. The van der Waals surface area contributed by atoms with Crippen LogP contribution in [-0.4, -0.2) is 60.0 Å². The van der Waals surface area contributed by atoms with Gasteiger partial charge in [0.25, 0.3) is 11.8 Å². The van der Waals surface area contributed by atoms with Crippen LogP contribution in [0.25, 0.3) is 16.5 Å². The minimum Gasteiger partial charge on any atom is -0.497 e. The molecule has 0 unspecified atom stereocenters. The molecular weight excluding hydrogens is 669 g/mol. The Hall–Kier alpha value is -3.94. The fourth-order valence-corrected chi connectivity index (χ4v) is 7.04. The molecule has 4 aliphatic rings. The summed E-state index contributed by atoms with van der Waals surface area (Å²) in [5.74, 6) is -4.78. The number of carboxylic acid groups (broad SMARTS) is 1. The van der Waals surface area contributed by atoms with E-state index in [2.05, 4.69) is 31.0 Å². The predicted molar refractivity (Wildman–Crippen MR) is 158 cm³/mol. The average molecular weight is 696 g/mol. The van der Waals surface area contributed by atoms with Crippen LogP contribution >= 0.6 is 15.9 Å². The van der Waals surface area contributed by atoms with Crippen molar-refractivity contribution >= 4 is 50.1 Å². The van der Waals surface area contributed by atoms with Crippen molar-refractivity contribution in [2.75, 3.05) is 25.1 Å². The Morgan fingerprint density at radius 3 is 2.36 bits per heavy atom. The topological polar surface area (TPSA) is 101 Å². The molecule has 0 atom stereocenters. The maximum Gasteiger partial charge on any atom is 0.573 e. The van der Waals surface area contributed by atoms with Crippen LogP contribution in [0.15, 0.2) is 46.9 Å². The summed E-state index contributed by atoms with van der Waals surface area (Å²) in [5, 5.41) is 13.7. The van der Waals surface area contributed by atoms with E-state index in [9.17, 15) is 36.6 Å². The monoisotopic (exact) mass is 695 g/mol. The second kappa shape index (κ2) is 10.6. The largest absolute Gasteiger partial charge is 0.573 e. The molecule has 1 aliphatic heterocycles. The first-order chi connectivity index (χ1) is 21.1. The molecule has 1 amide bonds. The van der Waals surface area contributed by atoms with Gasteiger partial charge >= 0.3 is 12.3 Å². The number of nitrogens with one attached hydrogen (secondary N) is 1. The number of benzene rings is 2. The summed E-state index contributed by atoms with van der Waals surface area (Å²) in [4.78, 5) is 32.8. The summed E-state index contributed by atoms with van der Waals surface area (Å²) in [6.45, 7) is 0.489. The number of amides is 1. The number of halogens is 6. The van der Waals surface area contributed by atoms with E-state index in [1.54, 1.807) is 25.1 Å². The molecule has 45 heavy (non-hydrogen) atoms. The summed E-state index contributed by atoms with van der Waals surface area (Å²) in [6, 6.07) is 8.74. The molecule has 2 bridgehead atoms. The zero-order valence-electron chi connectivity index (χ0n) is 24.0. The summed E-state index contributed by atoms with van der Waals surface area (Å²) in [6.07, 6.45) is -3.17. The molecule has 3 aliphatic carbocycles. The van der Waals surface area contributed by atoms with E-state index >= 15 is 0 Å². The normalized spacial score (nSPS) is 23.7. The molecule has 1 saturated carbocycles. The number of nitrogens with zero attached hydrogens (tertiary/aromatic N) is 2. The molecule has 8 nitrogen and oxygen atoms in total. The number of hydrogen-bond donors (Lipinski definition) is 2. The Morgan fingerprint density at radius 2 is 1.76 bits per heavy atom. The Bertz CT molecular complexity index is 1760. The van der Waals surface area contributed by atoms with E-state index < -0.39 is 54.0 Å². The zero-order chi connectivity index (χ0) is 32.5. The van der Waals surface area contributed by atoms with Crippen molar-refractivity contribution in [3.63, 3.8) is 0 Å². The molecular formula is C31H27BrF5N3O5. The number of carbonyl (C=O) groups is 2. The van der Waals surface area contributed by atoms with Crippen LogP contribution in [0.2, 0.25) is 0 Å². The fourth-order valence-electron chi connectivity index (χ4n) is 6.67. The van der Waals surface area contributed by atoms with Crippen LogP contribution in [0, 0.1) is 12.3 Å². The molecule has 2 heterocycles. The van der Waals surface area contributed by atoms with Crippen molar-refractivity contribution in [3.8, 4) is 11.5 Å². The van der Waals surface area contributed by atoms with Gasteiger partial charge in [-0.1, -0.05) is 22.0 Å². The number of fused-ring (bicyclic) bond motifs is 3. The fraction of sp³-hybridized carbons (Fsp3) is 0.387. The number of aliphatic carboxylic acids is 1. The minimum atomic E-state index is -5.05. The molecule has 2 fully saturated rings. The van der Waals surface area contributed by atoms with Crippen molar-refractivity contribution in [1.29, 1.82) is 0 Å². The first-order valence-electron chi connectivity index (χ1n) is 14.0. The summed E-state index contributed by atoms with van der Waals surface area (Å²) < 4.78 is 78.4. The van der Waals surface area contributed by atoms with E-state index in [1.807, 2.05) is 0 Å². The van der Waals surface area contributed by atoms with Gasteiger partial charge in [-0.3, -0.25) is 9.59 Å². The first-order valence-corrected chi connectivity index (χ1v) is 14.8. The van der Waals surface area contributed by atoms with Gasteiger partial charge in [0.05, 0.1) is 42.2 Å². The minimum absolute atomic E-state index is 0.0699. The van der Waals surface area contributed by atoms with Gasteiger partial charge in [0, 0.05) is 21.0 Å². The van der Waals surface area contributed by atoms with Gasteiger partial charge < -0.3 is 24.8 Å². The molecule has 2 aromatic carbocycles. The highest BCUT2D eigenvalue weighted by molar-refractivity contribution is 9.10. The smallest absolute Gasteiger partial charge is 0.497 e. The number of pyridine rings is 1. The molecule has 1 aromatic heterocycles.